The summed E-state index contributed by atoms with van der Waals surface area (Å²) >= 11 is 0. The lowest BCUT2D eigenvalue weighted by molar-refractivity contribution is -0.161. The van der Waals surface area contributed by atoms with Crippen LogP contribution in [0.15, 0.2) is 97.2 Å². The maximum Gasteiger partial charge on any atom is 0.472 e. The lowest BCUT2D eigenvalue weighted by Crippen LogP contribution is -2.30. The Morgan fingerprint density at radius 2 is 0.750 bits per heavy atom. The number of aliphatic hydroxyl groups is 1. The first-order valence-corrected chi connectivity index (χ1v) is 29.6. The van der Waals surface area contributed by atoms with Gasteiger partial charge in [0, 0.05) is 19.3 Å². The first-order chi connectivity index (χ1) is 35.2. The van der Waals surface area contributed by atoms with Crippen LogP contribution in [0.4, 0.5) is 0 Å². The van der Waals surface area contributed by atoms with E-state index < -0.39 is 57.8 Å². The molecule has 412 valence electrons. The molecule has 0 spiro atoms. The third-order valence-electron chi connectivity index (χ3n) is 11.5. The third-order valence-corrected chi connectivity index (χ3v) is 12.5. The summed E-state index contributed by atoms with van der Waals surface area (Å²) < 4.78 is 39.3. The van der Waals surface area contributed by atoms with Gasteiger partial charge in [-0.25, -0.2) is 4.57 Å². The zero-order chi connectivity index (χ0) is 52.7. The molecule has 0 saturated heterocycles. The summed E-state index contributed by atoms with van der Waals surface area (Å²) in [6, 6.07) is 0. The van der Waals surface area contributed by atoms with Crippen molar-refractivity contribution >= 4 is 25.7 Å². The van der Waals surface area contributed by atoms with E-state index >= 15 is 0 Å². The van der Waals surface area contributed by atoms with Crippen LogP contribution >= 0.6 is 7.82 Å². The minimum atomic E-state index is -4.77. The number of aliphatic hydroxyl groups excluding tert-OH is 1. The van der Waals surface area contributed by atoms with Crippen molar-refractivity contribution in [2.75, 3.05) is 26.4 Å². The van der Waals surface area contributed by atoms with Crippen LogP contribution in [0, 0.1) is 0 Å². The van der Waals surface area contributed by atoms with E-state index in [1.165, 1.54) is 70.6 Å². The third kappa shape index (κ3) is 51.3. The molecule has 3 atom stereocenters. The largest absolute Gasteiger partial charge is 0.472 e. The minimum absolute atomic E-state index is 0.0395. The molecule has 0 aliphatic rings. The summed E-state index contributed by atoms with van der Waals surface area (Å²) in [6.07, 6.45) is 62.5. The molecule has 0 aromatic heterocycles. The molecule has 3 unspecified atom stereocenters. The second-order valence-corrected chi connectivity index (χ2v) is 19.8. The summed E-state index contributed by atoms with van der Waals surface area (Å²) in [5, 5.41) is 9.80. The Hall–Kier alpha value is -3.60. The molecule has 0 aliphatic carbocycles. The second kappa shape index (κ2) is 53.7. The van der Waals surface area contributed by atoms with Gasteiger partial charge in [0.1, 0.15) is 12.7 Å². The summed E-state index contributed by atoms with van der Waals surface area (Å²) in [5.41, 5.74) is 0. The van der Waals surface area contributed by atoms with E-state index in [-0.39, 0.29) is 25.9 Å². The van der Waals surface area contributed by atoms with Crippen molar-refractivity contribution in [2.45, 2.75) is 238 Å². The molecule has 72 heavy (non-hydrogen) atoms. The van der Waals surface area contributed by atoms with E-state index in [1.54, 1.807) is 0 Å². The molecule has 0 heterocycles. The van der Waals surface area contributed by atoms with Crippen LogP contribution in [0.5, 0.6) is 0 Å². The van der Waals surface area contributed by atoms with Crippen LogP contribution in [-0.2, 0) is 42.2 Å². The number of ether oxygens (including phenoxy) is 3. The van der Waals surface area contributed by atoms with E-state index in [9.17, 15) is 28.9 Å². The highest BCUT2D eigenvalue weighted by Crippen LogP contribution is 2.43. The molecular formula is C60H101O11P. The average molecular weight is 1030 g/mol. The molecular weight excluding hydrogens is 928 g/mol. The SMILES string of the molecule is CC/C=C\C/C=C\C/C=C\C/C=C\C/C=C\C/C=C\CCC(=O)OC(COC(=O)CCCCCCCCCCC)COP(=O)(O)OCC(CO)OC(=O)CCCCCCCCC/C=C\C/C=C\CCCCC. The summed E-state index contributed by atoms with van der Waals surface area (Å²) in [6.45, 7) is 4.38. The van der Waals surface area contributed by atoms with Gasteiger partial charge in [-0.1, -0.05) is 214 Å². The number of phosphoric acid groups is 1. The second-order valence-electron chi connectivity index (χ2n) is 18.4. The first kappa shape index (κ1) is 68.4. The van der Waals surface area contributed by atoms with Gasteiger partial charge in [0.2, 0.25) is 0 Å². The number of carbonyl (C=O) groups excluding carboxylic acids is 3. The standard InChI is InChI=1S/C60H101O11P/c1-4-7-10-13-16-19-21-23-25-27-28-30-32-34-36-39-42-45-48-51-60(64)71-57(53-67-58(62)49-46-43-40-37-18-15-12-9-6-3)55-69-72(65,66)68-54-56(52-61)70-59(63)50-47-44-41-38-35-33-31-29-26-24-22-20-17-14-11-8-5-2/h7,10,16-17,19-20,23-26,28,30,34,36,42,45,56-57,61H,4-6,8-9,11-15,18,21-22,27,29,31-33,35,37-41,43-44,46-55H2,1-3H3,(H,65,66)/b10-7-,19-16-,20-17-,25-23-,26-24-,30-28-,36-34-,45-42-. The van der Waals surface area contributed by atoms with Crippen LogP contribution in [0.3, 0.4) is 0 Å². The Bertz CT molecular complexity index is 1580. The Kier molecular flexibility index (Phi) is 51.0. The van der Waals surface area contributed by atoms with E-state index in [2.05, 4.69) is 106 Å². The van der Waals surface area contributed by atoms with Gasteiger partial charge < -0.3 is 24.2 Å². The zero-order valence-corrected chi connectivity index (χ0v) is 46.3. The highest BCUT2D eigenvalue weighted by Gasteiger charge is 2.28. The predicted molar refractivity (Wildman–Crippen MR) is 297 cm³/mol. The van der Waals surface area contributed by atoms with Crippen molar-refractivity contribution in [2.24, 2.45) is 0 Å². The Morgan fingerprint density at radius 1 is 0.403 bits per heavy atom. The van der Waals surface area contributed by atoms with E-state index in [0.29, 0.717) is 25.7 Å². The van der Waals surface area contributed by atoms with Crippen LogP contribution in [0.1, 0.15) is 226 Å². The van der Waals surface area contributed by atoms with E-state index in [4.69, 9.17) is 23.3 Å². The summed E-state index contributed by atoms with van der Waals surface area (Å²) in [7, 11) is -4.77. The van der Waals surface area contributed by atoms with Crippen molar-refractivity contribution in [3.63, 3.8) is 0 Å². The van der Waals surface area contributed by atoms with Crippen LogP contribution < -0.4 is 0 Å². The Morgan fingerprint density at radius 3 is 1.22 bits per heavy atom. The maximum absolute atomic E-state index is 12.9. The monoisotopic (exact) mass is 1030 g/mol. The number of rotatable bonds is 51. The van der Waals surface area contributed by atoms with E-state index in [1.807, 2.05) is 12.2 Å². The van der Waals surface area contributed by atoms with Gasteiger partial charge >= 0.3 is 25.7 Å². The molecule has 2 N–H and O–H groups in total. The van der Waals surface area contributed by atoms with Crippen molar-refractivity contribution < 1.29 is 52.2 Å². The fraction of sp³-hybridized carbons (Fsp3) is 0.683. The molecule has 0 fully saturated rings. The van der Waals surface area contributed by atoms with Crippen molar-refractivity contribution in [1.29, 1.82) is 0 Å². The fourth-order valence-corrected chi connectivity index (χ4v) is 8.02. The van der Waals surface area contributed by atoms with Gasteiger partial charge in [-0.2, -0.15) is 0 Å². The highest BCUT2D eigenvalue weighted by molar-refractivity contribution is 7.47. The average Bonchev–Trinajstić information content (AvgIpc) is 3.37. The Labute approximate surface area is 438 Å². The number of esters is 3. The van der Waals surface area contributed by atoms with Gasteiger partial charge in [-0.05, 0) is 89.9 Å². The summed E-state index contributed by atoms with van der Waals surface area (Å²) in [4.78, 5) is 48.3. The lowest BCUT2D eigenvalue weighted by atomic mass is 10.1. The van der Waals surface area contributed by atoms with Crippen molar-refractivity contribution in [3.8, 4) is 0 Å². The van der Waals surface area contributed by atoms with E-state index in [0.717, 1.165) is 89.9 Å². The van der Waals surface area contributed by atoms with Crippen molar-refractivity contribution in [3.05, 3.63) is 97.2 Å². The van der Waals surface area contributed by atoms with Crippen LogP contribution in [0.2, 0.25) is 0 Å². The smallest absolute Gasteiger partial charge is 0.462 e. The molecule has 0 radical (unpaired) electrons. The van der Waals surface area contributed by atoms with Gasteiger partial charge in [0.25, 0.3) is 0 Å². The normalized spacial score (nSPS) is 14.1. The van der Waals surface area contributed by atoms with Crippen LogP contribution in [-0.4, -0.2) is 66.5 Å². The molecule has 0 rings (SSSR count). The zero-order valence-electron chi connectivity index (χ0n) is 45.4. The molecule has 0 bridgehead atoms. The number of phosphoric ester groups is 1. The van der Waals surface area contributed by atoms with Gasteiger partial charge in [-0.3, -0.25) is 23.4 Å². The minimum Gasteiger partial charge on any atom is -0.462 e. The molecule has 0 aromatic rings. The molecule has 0 aliphatic heterocycles. The number of allylic oxidation sites excluding steroid dienone is 16. The van der Waals surface area contributed by atoms with Gasteiger partial charge in [-0.15, -0.1) is 0 Å². The van der Waals surface area contributed by atoms with Gasteiger partial charge in [0.15, 0.2) is 6.10 Å². The van der Waals surface area contributed by atoms with Crippen LogP contribution in [0.25, 0.3) is 0 Å². The summed E-state index contributed by atoms with van der Waals surface area (Å²) in [5.74, 6) is -1.58. The number of unbranched alkanes of at least 4 members (excludes halogenated alkanes) is 18. The number of hydrogen-bond acceptors (Lipinski definition) is 10. The number of hydrogen-bond donors (Lipinski definition) is 2. The molecule has 0 saturated carbocycles. The van der Waals surface area contributed by atoms with Crippen molar-refractivity contribution in [1.82, 2.24) is 0 Å². The van der Waals surface area contributed by atoms with Gasteiger partial charge in [0.05, 0.1) is 19.8 Å². The maximum atomic E-state index is 12.9. The number of carbonyl (C=O) groups is 3. The lowest BCUT2D eigenvalue weighted by Gasteiger charge is -2.21. The first-order valence-electron chi connectivity index (χ1n) is 28.1. The highest BCUT2D eigenvalue weighted by atomic mass is 31.2. The topological polar surface area (TPSA) is 155 Å². The molecule has 0 amide bonds. The quantitative estimate of drug-likeness (QED) is 0.0197. The molecule has 11 nitrogen and oxygen atoms in total. The molecule has 0 aromatic carbocycles. The fourth-order valence-electron chi connectivity index (χ4n) is 7.23. The Balaban J connectivity index is 4.76. The predicted octanol–water partition coefficient (Wildman–Crippen LogP) is 16.5. The molecule has 12 heteroatoms.